The highest BCUT2D eigenvalue weighted by molar-refractivity contribution is 7.89. The van der Waals surface area contributed by atoms with E-state index in [1.807, 2.05) is 6.07 Å². The van der Waals surface area contributed by atoms with Crippen LogP contribution in [0, 0.1) is 17.6 Å². The molecule has 2 aliphatic heterocycles. The van der Waals surface area contributed by atoms with Gasteiger partial charge < -0.3 is 14.8 Å². The number of ether oxygens (including phenoxy) is 2. The Bertz CT molecular complexity index is 1290. The lowest BCUT2D eigenvalue weighted by Crippen LogP contribution is -2.41. The first-order chi connectivity index (χ1) is 15.8. The van der Waals surface area contributed by atoms with E-state index >= 15 is 0 Å². The fourth-order valence-corrected chi connectivity index (χ4v) is 6.30. The van der Waals surface area contributed by atoms with Crippen molar-refractivity contribution < 1.29 is 31.5 Å². The summed E-state index contributed by atoms with van der Waals surface area (Å²) >= 11 is 1.31. The number of rotatable bonds is 4. The van der Waals surface area contributed by atoms with Gasteiger partial charge in [0, 0.05) is 37.2 Å². The van der Waals surface area contributed by atoms with E-state index in [9.17, 15) is 22.0 Å². The second-order valence-corrected chi connectivity index (χ2v) is 10.7. The summed E-state index contributed by atoms with van der Waals surface area (Å²) in [6.45, 7) is 1.05. The van der Waals surface area contributed by atoms with Crippen molar-refractivity contribution in [2.75, 3.05) is 31.6 Å². The fraction of sp³-hybridized carbons (Fsp3) is 0.333. The number of hydrogen-bond acceptors (Lipinski definition) is 7. The maximum atomic E-state index is 14.0. The van der Waals surface area contributed by atoms with Crippen LogP contribution in [0.25, 0.3) is 10.2 Å². The lowest BCUT2D eigenvalue weighted by molar-refractivity contribution is -0.120. The van der Waals surface area contributed by atoms with Crippen molar-refractivity contribution in [3.8, 4) is 11.5 Å². The van der Waals surface area contributed by atoms with E-state index in [0.717, 1.165) is 21.1 Å². The SMILES string of the molecule is O=C(Nc1nc2cc3c(cc2s1)OCCO3)C1CCN(S(=O)(=O)c2ccc(F)cc2F)CC1. The van der Waals surface area contributed by atoms with Crippen molar-refractivity contribution in [1.82, 2.24) is 9.29 Å². The lowest BCUT2D eigenvalue weighted by atomic mass is 9.97. The Hall–Kier alpha value is -2.83. The third-order valence-corrected chi connectivity index (χ3v) is 8.48. The molecule has 3 aromatic rings. The second-order valence-electron chi connectivity index (χ2n) is 7.72. The monoisotopic (exact) mass is 495 g/mol. The molecule has 0 aliphatic carbocycles. The molecule has 0 saturated carbocycles. The average molecular weight is 496 g/mol. The summed E-state index contributed by atoms with van der Waals surface area (Å²) in [4.78, 5) is 16.6. The van der Waals surface area contributed by atoms with Gasteiger partial charge in [0.1, 0.15) is 29.7 Å². The largest absolute Gasteiger partial charge is 0.486 e. The van der Waals surface area contributed by atoms with Crippen LogP contribution in [0.5, 0.6) is 11.5 Å². The van der Waals surface area contributed by atoms with Crippen molar-refractivity contribution in [2.24, 2.45) is 5.92 Å². The predicted octanol–water partition coefficient (Wildman–Crippen LogP) is 3.39. The Labute approximate surface area is 192 Å². The number of aromatic nitrogens is 1. The standard InChI is InChI=1S/C21H19F2N3O5S2/c22-13-1-2-19(14(23)9-13)33(28,29)26-5-3-12(4-6-26)20(27)25-21-24-15-10-16-17(11-18(15)32-21)31-8-7-30-16/h1-2,9-12H,3-8H2,(H,24,25,27). The van der Waals surface area contributed by atoms with Gasteiger partial charge in [-0.15, -0.1) is 0 Å². The summed E-state index contributed by atoms with van der Waals surface area (Å²) in [5, 5.41) is 3.24. The van der Waals surface area contributed by atoms with E-state index in [4.69, 9.17) is 9.47 Å². The smallest absolute Gasteiger partial charge is 0.245 e. The molecule has 1 aromatic heterocycles. The summed E-state index contributed by atoms with van der Waals surface area (Å²) in [5.41, 5.74) is 0.682. The molecule has 12 heteroatoms. The number of fused-ring (bicyclic) bond motifs is 2. The normalized spacial score (nSPS) is 17.3. The maximum absolute atomic E-state index is 14.0. The molecule has 1 fully saturated rings. The summed E-state index contributed by atoms with van der Waals surface area (Å²) in [6.07, 6.45) is 0.545. The highest BCUT2D eigenvalue weighted by Crippen LogP contribution is 2.38. The molecular weight excluding hydrogens is 476 g/mol. The molecule has 2 aromatic carbocycles. The van der Waals surface area contributed by atoms with Crippen molar-refractivity contribution in [1.29, 1.82) is 0 Å². The van der Waals surface area contributed by atoms with E-state index in [0.29, 0.717) is 41.4 Å². The molecule has 0 radical (unpaired) electrons. The highest BCUT2D eigenvalue weighted by Gasteiger charge is 2.34. The summed E-state index contributed by atoms with van der Waals surface area (Å²) in [7, 11) is -4.12. The van der Waals surface area contributed by atoms with Crippen molar-refractivity contribution in [3.05, 3.63) is 42.0 Å². The number of sulfonamides is 1. The Kier molecular flexibility index (Phi) is 5.67. The van der Waals surface area contributed by atoms with Crippen molar-refractivity contribution in [2.45, 2.75) is 17.7 Å². The average Bonchev–Trinajstić information content (AvgIpc) is 3.18. The zero-order chi connectivity index (χ0) is 23.2. The van der Waals surface area contributed by atoms with Crippen LogP contribution in [-0.2, 0) is 14.8 Å². The highest BCUT2D eigenvalue weighted by atomic mass is 32.2. The molecular formula is C21H19F2N3O5S2. The zero-order valence-corrected chi connectivity index (χ0v) is 18.8. The molecule has 0 bridgehead atoms. The lowest BCUT2D eigenvalue weighted by Gasteiger charge is -2.30. The number of carbonyl (C=O) groups excluding carboxylic acids is 1. The Morgan fingerprint density at radius 1 is 1.09 bits per heavy atom. The molecule has 1 N–H and O–H groups in total. The Balaban J connectivity index is 1.24. The predicted molar refractivity (Wildman–Crippen MR) is 117 cm³/mol. The zero-order valence-electron chi connectivity index (χ0n) is 17.2. The van der Waals surface area contributed by atoms with Crippen LogP contribution < -0.4 is 14.8 Å². The van der Waals surface area contributed by atoms with Gasteiger partial charge >= 0.3 is 0 Å². The summed E-state index contributed by atoms with van der Waals surface area (Å²) in [6, 6.07) is 5.96. The number of nitrogens with zero attached hydrogens (tertiary/aromatic N) is 2. The number of benzene rings is 2. The Morgan fingerprint density at radius 3 is 2.48 bits per heavy atom. The number of anilines is 1. The van der Waals surface area contributed by atoms with Crippen LogP contribution in [-0.4, -0.2) is 49.9 Å². The second kappa shape index (κ2) is 8.50. The van der Waals surface area contributed by atoms with E-state index in [1.165, 1.54) is 11.3 Å². The van der Waals surface area contributed by atoms with Gasteiger partial charge in [0.2, 0.25) is 15.9 Å². The van der Waals surface area contributed by atoms with Crippen LogP contribution in [0.4, 0.5) is 13.9 Å². The number of carbonyl (C=O) groups is 1. The molecule has 5 rings (SSSR count). The maximum Gasteiger partial charge on any atom is 0.245 e. The first-order valence-electron chi connectivity index (χ1n) is 10.3. The molecule has 174 valence electrons. The van der Waals surface area contributed by atoms with Gasteiger partial charge in [-0.1, -0.05) is 11.3 Å². The third kappa shape index (κ3) is 4.25. The van der Waals surface area contributed by atoms with Gasteiger partial charge in [-0.3, -0.25) is 4.79 Å². The first kappa shape index (κ1) is 22.0. The molecule has 2 aliphatic rings. The van der Waals surface area contributed by atoms with Crippen molar-refractivity contribution >= 4 is 42.6 Å². The van der Waals surface area contributed by atoms with Crippen LogP contribution in [0.3, 0.4) is 0 Å². The summed E-state index contributed by atoms with van der Waals surface area (Å²) < 4.78 is 65.7. The summed E-state index contributed by atoms with van der Waals surface area (Å²) in [5.74, 6) is -1.40. The van der Waals surface area contributed by atoms with Gasteiger partial charge in [-0.25, -0.2) is 22.2 Å². The van der Waals surface area contributed by atoms with E-state index < -0.39 is 32.5 Å². The van der Waals surface area contributed by atoms with Crippen LogP contribution in [0.1, 0.15) is 12.8 Å². The number of halogens is 2. The molecule has 0 atom stereocenters. The van der Waals surface area contributed by atoms with E-state index in [-0.39, 0.29) is 31.8 Å². The van der Waals surface area contributed by atoms with Gasteiger partial charge in [0.05, 0.1) is 10.2 Å². The fourth-order valence-electron chi connectivity index (χ4n) is 3.91. The van der Waals surface area contributed by atoms with Crippen LogP contribution in [0.2, 0.25) is 0 Å². The molecule has 8 nitrogen and oxygen atoms in total. The van der Waals surface area contributed by atoms with Crippen LogP contribution >= 0.6 is 11.3 Å². The molecule has 1 amide bonds. The molecule has 0 unspecified atom stereocenters. The first-order valence-corrected chi connectivity index (χ1v) is 12.5. The number of nitrogens with one attached hydrogen (secondary N) is 1. The molecule has 33 heavy (non-hydrogen) atoms. The number of thiazole rings is 1. The van der Waals surface area contributed by atoms with Crippen molar-refractivity contribution in [3.63, 3.8) is 0 Å². The van der Waals surface area contributed by atoms with Gasteiger partial charge in [0.25, 0.3) is 0 Å². The number of hydrogen-bond donors (Lipinski definition) is 1. The molecule has 0 spiro atoms. The third-order valence-electron chi connectivity index (χ3n) is 5.62. The minimum Gasteiger partial charge on any atom is -0.486 e. The minimum absolute atomic E-state index is 0.0540. The topological polar surface area (TPSA) is 97.8 Å². The van der Waals surface area contributed by atoms with Gasteiger partial charge in [-0.05, 0) is 25.0 Å². The van der Waals surface area contributed by atoms with Gasteiger partial charge in [-0.2, -0.15) is 4.31 Å². The quantitative estimate of drug-likeness (QED) is 0.596. The van der Waals surface area contributed by atoms with E-state index in [2.05, 4.69) is 10.3 Å². The number of amides is 1. The van der Waals surface area contributed by atoms with Gasteiger partial charge in [0.15, 0.2) is 16.6 Å². The molecule has 1 saturated heterocycles. The number of piperidine rings is 1. The minimum atomic E-state index is -4.12. The van der Waals surface area contributed by atoms with E-state index in [1.54, 1.807) is 6.07 Å². The molecule has 3 heterocycles. The van der Waals surface area contributed by atoms with Crippen LogP contribution in [0.15, 0.2) is 35.2 Å². The Morgan fingerprint density at radius 2 is 1.79 bits per heavy atom.